The van der Waals surface area contributed by atoms with Crippen molar-refractivity contribution in [3.63, 3.8) is 0 Å². The van der Waals surface area contributed by atoms with Crippen LogP contribution >= 0.6 is 23.2 Å². The van der Waals surface area contributed by atoms with E-state index in [9.17, 15) is 0 Å². The molecule has 0 saturated carbocycles. The van der Waals surface area contributed by atoms with Crippen LogP contribution in [0.1, 0.15) is 0 Å². The van der Waals surface area contributed by atoms with Gasteiger partial charge in [0.25, 0.3) is 0 Å². The molecule has 0 amide bonds. The van der Waals surface area contributed by atoms with Gasteiger partial charge in [-0.3, -0.25) is 0 Å². The Morgan fingerprint density at radius 2 is 1.33 bits per heavy atom. The smallest absolute Gasteiger partial charge is 0.119 e. The van der Waals surface area contributed by atoms with Gasteiger partial charge in [0.2, 0.25) is 0 Å². The Morgan fingerprint density at radius 1 is 0.667 bits per heavy atom. The van der Waals surface area contributed by atoms with Crippen LogP contribution in [-0.2, 0) is 0 Å². The zero-order valence-corrected chi connectivity index (χ0v) is 19.4. The summed E-state index contributed by atoms with van der Waals surface area (Å²) in [6, 6.07) is 33.9. The lowest BCUT2D eigenvalue weighted by molar-refractivity contribution is 0.415. The molecule has 0 aliphatic heterocycles. The Morgan fingerprint density at radius 3 is 2.03 bits per heavy atom. The highest BCUT2D eigenvalue weighted by atomic mass is 35.5. The van der Waals surface area contributed by atoms with Gasteiger partial charge in [0.15, 0.2) is 0 Å². The molecule has 33 heavy (non-hydrogen) atoms. The number of methoxy groups -OCH3 is 1. The van der Waals surface area contributed by atoms with Crippen molar-refractivity contribution >= 4 is 23.2 Å². The van der Waals surface area contributed by atoms with E-state index in [0.717, 1.165) is 45.1 Å². The quantitative estimate of drug-likeness (QED) is 0.258. The molecule has 0 saturated heterocycles. The van der Waals surface area contributed by atoms with Crippen LogP contribution < -0.4 is 4.74 Å². The molecule has 1 aromatic heterocycles. The number of hydrogen-bond donors (Lipinski definition) is 0. The first-order valence-corrected chi connectivity index (χ1v) is 11.2. The number of hydrogen-bond acceptors (Lipinski definition) is 2. The van der Waals surface area contributed by atoms with E-state index in [4.69, 9.17) is 33.0 Å². The number of nitrogens with zero attached hydrogens (tertiary/aromatic N) is 2. The maximum Gasteiger partial charge on any atom is 0.119 e. The topological polar surface area (TPSA) is 27.1 Å². The molecule has 0 N–H and O–H groups in total. The van der Waals surface area contributed by atoms with Gasteiger partial charge in [0, 0.05) is 21.2 Å². The summed E-state index contributed by atoms with van der Waals surface area (Å²) >= 11 is 12.3. The summed E-state index contributed by atoms with van der Waals surface area (Å²) in [5, 5.41) is 6.39. The van der Waals surface area contributed by atoms with Crippen LogP contribution in [-0.4, -0.2) is 16.9 Å². The summed E-state index contributed by atoms with van der Waals surface area (Å²) in [4.78, 5) is 0. The van der Waals surface area contributed by atoms with Gasteiger partial charge in [-0.25, -0.2) is 4.68 Å². The molecule has 1 heterocycles. The van der Waals surface area contributed by atoms with Crippen molar-refractivity contribution in [3.8, 4) is 45.1 Å². The minimum absolute atomic E-state index is 0.683. The first kappa shape index (κ1) is 21.3. The predicted molar refractivity (Wildman–Crippen MR) is 136 cm³/mol. The molecule has 0 bridgehead atoms. The van der Waals surface area contributed by atoms with Crippen LogP contribution in [0, 0.1) is 0 Å². The van der Waals surface area contributed by atoms with Crippen molar-refractivity contribution in [2.24, 2.45) is 0 Å². The Labute approximate surface area is 202 Å². The van der Waals surface area contributed by atoms with Gasteiger partial charge in [-0.05, 0) is 65.7 Å². The largest absolute Gasteiger partial charge is 0.497 e. The number of benzene rings is 4. The minimum Gasteiger partial charge on any atom is -0.497 e. The van der Waals surface area contributed by atoms with E-state index in [0.29, 0.717) is 10.0 Å². The zero-order chi connectivity index (χ0) is 22.8. The summed E-state index contributed by atoms with van der Waals surface area (Å²) in [6.45, 7) is 0. The number of rotatable bonds is 5. The molecule has 4 aromatic carbocycles. The minimum atomic E-state index is 0.683. The summed E-state index contributed by atoms with van der Waals surface area (Å²) < 4.78 is 7.38. The van der Waals surface area contributed by atoms with E-state index in [1.165, 1.54) is 0 Å². The fourth-order valence-corrected chi connectivity index (χ4v) is 4.12. The van der Waals surface area contributed by atoms with E-state index < -0.39 is 0 Å². The van der Waals surface area contributed by atoms with E-state index in [2.05, 4.69) is 24.3 Å². The lowest BCUT2D eigenvalue weighted by atomic mass is 9.97. The van der Waals surface area contributed by atoms with Crippen LogP contribution in [0.4, 0.5) is 0 Å². The monoisotopic (exact) mass is 470 g/mol. The maximum atomic E-state index is 6.14. The van der Waals surface area contributed by atoms with Crippen molar-refractivity contribution in [3.05, 3.63) is 113 Å². The van der Waals surface area contributed by atoms with Crippen LogP contribution in [0.5, 0.6) is 5.75 Å². The zero-order valence-electron chi connectivity index (χ0n) is 17.9. The normalized spacial score (nSPS) is 10.9. The van der Waals surface area contributed by atoms with Crippen molar-refractivity contribution in [2.75, 3.05) is 7.11 Å². The van der Waals surface area contributed by atoms with Gasteiger partial charge >= 0.3 is 0 Å². The molecule has 0 atom stereocenters. The third-order valence-electron chi connectivity index (χ3n) is 5.50. The second kappa shape index (κ2) is 9.14. The summed E-state index contributed by atoms with van der Waals surface area (Å²) in [5.74, 6) is 0.816. The lowest BCUT2D eigenvalue weighted by Gasteiger charge is -2.09. The molecule has 0 unspecified atom stereocenters. The number of ether oxygens (including phenoxy) is 1. The van der Waals surface area contributed by atoms with Crippen molar-refractivity contribution in [1.82, 2.24) is 9.78 Å². The molecule has 0 radical (unpaired) electrons. The average molecular weight is 471 g/mol. The molecule has 0 aliphatic carbocycles. The Hall–Kier alpha value is -3.53. The standard InChI is InChI=1S/C28H20Cl2N2O/c1-33-24-6-4-5-20(17-24)25-7-2-3-8-26(25)27-18-28(19-9-11-21(29)12-10-19)32(31-27)23-15-13-22(30)14-16-23/h2-18H,1H3. The third-order valence-corrected chi connectivity index (χ3v) is 6.01. The highest BCUT2D eigenvalue weighted by Crippen LogP contribution is 2.36. The van der Waals surface area contributed by atoms with E-state index in [-0.39, 0.29) is 0 Å². The van der Waals surface area contributed by atoms with Gasteiger partial charge in [-0.2, -0.15) is 5.10 Å². The molecule has 0 fully saturated rings. The molecular weight excluding hydrogens is 451 g/mol. The molecule has 0 aliphatic rings. The Kier molecular flexibility index (Phi) is 5.91. The van der Waals surface area contributed by atoms with Crippen molar-refractivity contribution in [2.45, 2.75) is 0 Å². The number of halogens is 2. The van der Waals surface area contributed by atoms with Crippen LogP contribution in [0.3, 0.4) is 0 Å². The average Bonchev–Trinajstić information content (AvgIpc) is 3.30. The predicted octanol–water partition coefficient (Wildman–Crippen LogP) is 8.19. The van der Waals surface area contributed by atoms with Gasteiger partial charge in [0.05, 0.1) is 24.2 Å². The second-order valence-corrected chi connectivity index (χ2v) is 8.46. The molecule has 5 rings (SSSR count). The van der Waals surface area contributed by atoms with E-state index in [1.54, 1.807) is 7.11 Å². The maximum absolute atomic E-state index is 6.14. The van der Waals surface area contributed by atoms with Crippen molar-refractivity contribution in [1.29, 1.82) is 0 Å². The third kappa shape index (κ3) is 4.38. The Bertz CT molecular complexity index is 1340. The van der Waals surface area contributed by atoms with E-state index in [1.807, 2.05) is 83.5 Å². The molecular formula is C28H20Cl2N2O. The fourth-order valence-electron chi connectivity index (χ4n) is 3.87. The molecule has 5 heteroatoms. The molecule has 3 nitrogen and oxygen atoms in total. The van der Waals surface area contributed by atoms with Crippen LogP contribution in [0.15, 0.2) is 103 Å². The Balaban J connectivity index is 1.69. The molecule has 162 valence electrons. The van der Waals surface area contributed by atoms with Gasteiger partial charge in [-0.1, -0.05) is 71.7 Å². The SMILES string of the molecule is COc1cccc(-c2ccccc2-c2cc(-c3ccc(Cl)cc3)n(-c3ccc(Cl)cc3)n2)c1. The molecule has 0 spiro atoms. The van der Waals surface area contributed by atoms with Gasteiger partial charge in [-0.15, -0.1) is 0 Å². The fraction of sp³-hybridized carbons (Fsp3) is 0.0357. The van der Waals surface area contributed by atoms with E-state index >= 15 is 0 Å². The second-order valence-electron chi connectivity index (χ2n) is 7.59. The highest BCUT2D eigenvalue weighted by molar-refractivity contribution is 6.30. The molecule has 5 aromatic rings. The number of aromatic nitrogens is 2. The summed E-state index contributed by atoms with van der Waals surface area (Å²) in [6.07, 6.45) is 0. The first-order valence-electron chi connectivity index (χ1n) is 10.5. The first-order chi connectivity index (χ1) is 16.1. The summed E-state index contributed by atoms with van der Waals surface area (Å²) in [7, 11) is 1.68. The van der Waals surface area contributed by atoms with Crippen molar-refractivity contribution < 1.29 is 4.74 Å². The highest BCUT2D eigenvalue weighted by Gasteiger charge is 2.16. The lowest BCUT2D eigenvalue weighted by Crippen LogP contribution is -1.99. The van der Waals surface area contributed by atoms with Gasteiger partial charge in [0.1, 0.15) is 5.75 Å². The van der Waals surface area contributed by atoms with Crippen LogP contribution in [0.25, 0.3) is 39.3 Å². The van der Waals surface area contributed by atoms with Gasteiger partial charge < -0.3 is 4.74 Å². The summed E-state index contributed by atoms with van der Waals surface area (Å²) in [5.41, 5.74) is 6.96. The van der Waals surface area contributed by atoms with Crippen LogP contribution in [0.2, 0.25) is 10.0 Å².